The lowest BCUT2D eigenvalue weighted by Crippen LogP contribution is -2.42. The van der Waals surface area contributed by atoms with Crippen molar-refractivity contribution in [3.63, 3.8) is 0 Å². The molecule has 174 valence electrons. The van der Waals surface area contributed by atoms with Crippen LogP contribution in [-0.4, -0.2) is 20.9 Å². The second-order valence-corrected chi connectivity index (χ2v) is 10.4. The Hall–Kier alpha value is -3.12. The number of amides is 1. The number of carbonyl (C=O) groups excluding carboxylic acids is 1. The highest BCUT2D eigenvalue weighted by atomic mass is 32.2. The summed E-state index contributed by atoms with van der Waals surface area (Å²) < 4.78 is 28.5. The largest absolute Gasteiger partial charge is 0.348 e. The lowest BCUT2D eigenvalue weighted by Gasteiger charge is -2.27. The molecule has 0 fully saturated rings. The molecule has 0 heterocycles. The minimum absolute atomic E-state index is 0.159. The molecular formula is C27H32N2O3S. The summed E-state index contributed by atoms with van der Waals surface area (Å²) in [4.78, 5) is 13.3. The molecule has 0 aliphatic rings. The van der Waals surface area contributed by atoms with Crippen LogP contribution in [0.3, 0.4) is 0 Å². The molecule has 0 saturated carbocycles. The van der Waals surface area contributed by atoms with Crippen molar-refractivity contribution in [1.29, 1.82) is 0 Å². The van der Waals surface area contributed by atoms with Gasteiger partial charge in [0.1, 0.15) is 6.54 Å². The summed E-state index contributed by atoms with van der Waals surface area (Å²) in [6.45, 7) is 9.43. The summed E-state index contributed by atoms with van der Waals surface area (Å²) in [5.74, 6) is -0.349. The Labute approximate surface area is 197 Å². The second-order valence-electron chi connectivity index (χ2n) is 8.55. The van der Waals surface area contributed by atoms with Crippen molar-refractivity contribution in [2.75, 3.05) is 10.8 Å². The number of benzene rings is 3. The molecule has 5 nitrogen and oxygen atoms in total. The van der Waals surface area contributed by atoms with E-state index >= 15 is 0 Å². The number of nitrogens with one attached hydrogen (secondary N) is 1. The molecule has 0 aromatic heterocycles. The number of sulfonamides is 1. The number of anilines is 1. The predicted octanol–water partition coefficient (Wildman–Crippen LogP) is 5.38. The monoisotopic (exact) mass is 464 g/mol. The SMILES string of the molecule is CC[C@@H](NC(=O)CN(c1ccc(C)cc1C)S(=O)(=O)c1ccc(C)cc1)c1ccc(C)cc1. The first kappa shape index (κ1) is 24.5. The molecule has 0 saturated heterocycles. The summed E-state index contributed by atoms with van der Waals surface area (Å²) in [5.41, 5.74) is 5.43. The minimum atomic E-state index is -3.94. The number of carbonyl (C=O) groups is 1. The number of nitrogens with zero attached hydrogens (tertiary/aromatic N) is 1. The van der Waals surface area contributed by atoms with Gasteiger partial charge in [-0.1, -0.05) is 72.1 Å². The van der Waals surface area contributed by atoms with Gasteiger partial charge in [-0.05, 0) is 63.4 Å². The zero-order valence-corrected chi connectivity index (χ0v) is 20.7. The van der Waals surface area contributed by atoms with Crippen molar-refractivity contribution < 1.29 is 13.2 Å². The molecule has 0 radical (unpaired) electrons. The van der Waals surface area contributed by atoms with E-state index in [-0.39, 0.29) is 23.4 Å². The Morgan fingerprint density at radius 2 is 1.39 bits per heavy atom. The summed E-state index contributed by atoms with van der Waals surface area (Å²) in [5, 5.41) is 3.02. The van der Waals surface area contributed by atoms with Crippen LogP contribution in [-0.2, 0) is 14.8 Å². The van der Waals surface area contributed by atoms with Gasteiger partial charge < -0.3 is 5.32 Å². The molecular weight excluding hydrogens is 432 g/mol. The summed E-state index contributed by atoms with van der Waals surface area (Å²) in [6, 6.07) is 20.0. The zero-order chi connectivity index (χ0) is 24.2. The highest BCUT2D eigenvalue weighted by molar-refractivity contribution is 7.92. The highest BCUT2D eigenvalue weighted by Crippen LogP contribution is 2.28. The Balaban J connectivity index is 1.94. The van der Waals surface area contributed by atoms with E-state index in [1.807, 2.05) is 71.0 Å². The van der Waals surface area contributed by atoms with Gasteiger partial charge in [0.25, 0.3) is 10.0 Å². The lowest BCUT2D eigenvalue weighted by atomic mass is 10.0. The number of rotatable bonds is 8. The van der Waals surface area contributed by atoms with Gasteiger partial charge in [0.2, 0.25) is 5.91 Å². The van der Waals surface area contributed by atoms with Crippen molar-refractivity contribution >= 4 is 21.6 Å². The van der Waals surface area contributed by atoms with Crippen molar-refractivity contribution in [2.24, 2.45) is 0 Å². The zero-order valence-electron chi connectivity index (χ0n) is 19.9. The minimum Gasteiger partial charge on any atom is -0.348 e. The van der Waals surface area contributed by atoms with Crippen molar-refractivity contribution in [3.8, 4) is 0 Å². The predicted molar refractivity (Wildman–Crippen MR) is 134 cm³/mol. The topological polar surface area (TPSA) is 66.5 Å². The third-order valence-corrected chi connectivity index (χ3v) is 7.51. The van der Waals surface area contributed by atoms with Gasteiger partial charge in [-0.3, -0.25) is 9.10 Å². The van der Waals surface area contributed by atoms with Crippen LogP contribution in [0.1, 0.15) is 47.2 Å². The molecule has 0 unspecified atom stereocenters. The van der Waals surface area contributed by atoms with Gasteiger partial charge in [-0.15, -0.1) is 0 Å². The molecule has 0 bridgehead atoms. The first-order chi connectivity index (χ1) is 15.6. The molecule has 1 N–H and O–H groups in total. The van der Waals surface area contributed by atoms with E-state index in [1.54, 1.807) is 30.3 Å². The Morgan fingerprint density at radius 1 is 0.848 bits per heavy atom. The van der Waals surface area contributed by atoms with Crippen LogP contribution in [0.5, 0.6) is 0 Å². The first-order valence-electron chi connectivity index (χ1n) is 11.1. The average molecular weight is 465 g/mol. The van der Waals surface area contributed by atoms with Crippen molar-refractivity contribution in [1.82, 2.24) is 5.32 Å². The highest BCUT2D eigenvalue weighted by Gasteiger charge is 2.29. The fourth-order valence-corrected chi connectivity index (χ4v) is 5.30. The molecule has 3 rings (SSSR count). The van der Waals surface area contributed by atoms with Gasteiger partial charge >= 0.3 is 0 Å². The van der Waals surface area contributed by atoms with Crippen molar-refractivity contribution in [3.05, 3.63) is 94.5 Å². The van der Waals surface area contributed by atoms with Crippen LogP contribution in [0.4, 0.5) is 5.69 Å². The fraction of sp³-hybridized carbons (Fsp3) is 0.296. The normalized spacial score (nSPS) is 12.3. The number of hydrogen-bond donors (Lipinski definition) is 1. The van der Waals surface area contributed by atoms with Gasteiger partial charge in [0, 0.05) is 0 Å². The standard InChI is InChI=1S/C27H32N2O3S/c1-6-25(23-12-7-19(2)8-13-23)28-27(30)18-29(26-16-11-21(4)17-22(26)5)33(31,32)24-14-9-20(3)10-15-24/h7-17,25H,6,18H2,1-5H3,(H,28,30)/t25-/m1/s1. The second kappa shape index (κ2) is 10.2. The van der Waals surface area contributed by atoms with E-state index in [1.165, 1.54) is 4.31 Å². The van der Waals surface area contributed by atoms with E-state index in [0.717, 1.165) is 27.8 Å². The van der Waals surface area contributed by atoms with E-state index in [0.29, 0.717) is 12.1 Å². The maximum atomic E-state index is 13.6. The molecule has 3 aromatic rings. The first-order valence-corrected chi connectivity index (χ1v) is 12.6. The van der Waals surface area contributed by atoms with Gasteiger partial charge in [0.15, 0.2) is 0 Å². The fourth-order valence-electron chi connectivity index (χ4n) is 3.81. The Bertz CT molecular complexity index is 1220. The number of hydrogen-bond acceptors (Lipinski definition) is 3. The van der Waals surface area contributed by atoms with Gasteiger partial charge in [0.05, 0.1) is 16.6 Å². The number of aryl methyl sites for hydroxylation is 4. The molecule has 0 spiro atoms. The molecule has 1 amide bonds. The molecule has 1 atom stereocenters. The third-order valence-electron chi connectivity index (χ3n) is 5.74. The van der Waals surface area contributed by atoms with Crippen molar-refractivity contribution in [2.45, 2.75) is 52.0 Å². The molecule has 0 aliphatic carbocycles. The van der Waals surface area contributed by atoms with E-state index < -0.39 is 10.0 Å². The van der Waals surface area contributed by atoms with E-state index in [4.69, 9.17) is 0 Å². The Kier molecular flexibility index (Phi) is 7.59. The quantitative estimate of drug-likeness (QED) is 0.486. The van der Waals surface area contributed by atoms with Gasteiger partial charge in [-0.25, -0.2) is 8.42 Å². The molecule has 33 heavy (non-hydrogen) atoms. The van der Waals surface area contributed by atoms with Crippen LogP contribution >= 0.6 is 0 Å². The maximum Gasteiger partial charge on any atom is 0.264 e. The van der Waals surface area contributed by atoms with E-state index in [9.17, 15) is 13.2 Å². The van der Waals surface area contributed by atoms with Crippen LogP contribution in [0.2, 0.25) is 0 Å². The lowest BCUT2D eigenvalue weighted by molar-refractivity contribution is -0.120. The van der Waals surface area contributed by atoms with E-state index in [2.05, 4.69) is 5.32 Å². The average Bonchev–Trinajstić information content (AvgIpc) is 2.77. The summed E-state index contributed by atoms with van der Waals surface area (Å²) >= 11 is 0. The molecule has 0 aliphatic heterocycles. The Morgan fingerprint density at radius 3 is 1.94 bits per heavy atom. The smallest absolute Gasteiger partial charge is 0.264 e. The molecule has 3 aromatic carbocycles. The van der Waals surface area contributed by atoms with Crippen LogP contribution in [0.15, 0.2) is 71.6 Å². The maximum absolute atomic E-state index is 13.6. The van der Waals surface area contributed by atoms with Crippen LogP contribution in [0, 0.1) is 27.7 Å². The van der Waals surface area contributed by atoms with Gasteiger partial charge in [-0.2, -0.15) is 0 Å². The van der Waals surface area contributed by atoms with Crippen LogP contribution < -0.4 is 9.62 Å². The summed E-state index contributed by atoms with van der Waals surface area (Å²) in [7, 11) is -3.94. The third kappa shape index (κ3) is 5.82. The van der Waals surface area contributed by atoms with Crippen LogP contribution in [0.25, 0.3) is 0 Å². The molecule has 6 heteroatoms. The summed E-state index contributed by atoms with van der Waals surface area (Å²) in [6.07, 6.45) is 0.697.